The number of carbonyl (C=O) groups excluding carboxylic acids is 1. The summed E-state index contributed by atoms with van der Waals surface area (Å²) in [6.45, 7) is 3.87. The number of ether oxygens (including phenoxy) is 1. The molecule has 0 aliphatic carbocycles. The third kappa shape index (κ3) is 2.33. The van der Waals surface area contributed by atoms with Gasteiger partial charge in [0, 0.05) is 0 Å². The molecule has 1 rings (SSSR count). The van der Waals surface area contributed by atoms with Crippen molar-refractivity contribution in [2.75, 3.05) is 6.61 Å². The minimum atomic E-state index is -1.14. The molecule has 1 unspecified atom stereocenters. The quantitative estimate of drug-likeness (QED) is 0.759. The Morgan fingerprint density at radius 2 is 1.94 bits per heavy atom. The third-order valence-corrected chi connectivity index (χ3v) is 2.58. The highest BCUT2D eigenvalue weighted by Crippen LogP contribution is 2.25. The molecule has 0 heterocycles. The van der Waals surface area contributed by atoms with Crippen LogP contribution in [0.5, 0.6) is 5.75 Å². The van der Waals surface area contributed by atoms with Gasteiger partial charge in [0.2, 0.25) is 0 Å². The number of aromatic hydroxyl groups is 1. The van der Waals surface area contributed by atoms with Gasteiger partial charge in [-0.05, 0) is 31.0 Å². The molecule has 0 spiro atoms. The number of phenolic OH excluding ortho intramolecular Hbond substituents is 1. The minimum Gasteiger partial charge on any atom is -0.508 e. The zero-order valence-electron chi connectivity index (χ0n) is 9.56. The summed E-state index contributed by atoms with van der Waals surface area (Å²) in [5, 5.41) is 9.18. The number of hydrogen-bond acceptors (Lipinski definition) is 4. The molecule has 0 saturated carbocycles. The number of phenols is 1. The highest BCUT2D eigenvalue weighted by molar-refractivity contribution is 5.82. The summed E-state index contributed by atoms with van der Waals surface area (Å²) in [5.74, 6) is -0.297. The van der Waals surface area contributed by atoms with E-state index in [0.717, 1.165) is 0 Å². The first-order valence-corrected chi connectivity index (χ1v) is 5.30. The number of hydrogen-bond donors (Lipinski definition) is 2. The van der Waals surface area contributed by atoms with Gasteiger partial charge in [0.25, 0.3) is 0 Å². The van der Waals surface area contributed by atoms with Crippen LogP contribution in [0.4, 0.5) is 0 Å². The van der Waals surface area contributed by atoms with Gasteiger partial charge in [-0.25, -0.2) is 4.79 Å². The number of benzene rings is 1. The Bertz CT molecular complexity index is 361. The zero-order chi connectivity index (χ0) is 12.2. The van der Waals surface area contributed by atoms with E-state index in [-0.39, 0.29) is 5.75 Å². The van der Waals surface area contributed by atoms with Gasteiger partial charge >= 0.3 is 5.97 Å². The second-order valence-electron chi connectivity index (χ2n) is 3.59. The average Bonchev–Trinajstić information content (AvgIpc) is 2.29. The van der Waals surface area contributed by atoms with Crippen LogP contribution in [-0.4, -0.2) is 17.7 Å². The van der Waals surface area contributed by atoms with Gasteiger partial charge in [0.05, 0.1) is 6.61 Å². The van der Waals surface area contributed by atoms with Crippen LogP contribution in [0.1, 0.15) is 25.8 Å². The van der Waals surface area contributed by atoms with E-state index in [1.807, 2.05) is 6.92 Å². The van der Waals surface area contributed by atoms with E-state index < -0.39 is 11.5 Å². The first-order chi connectivity index (χ1) is 7.54. The molecule has 1 atom stereocenters. The maximum atomic E-state index is 11.8. The van der Waals surface area contributed by atoms with Crippen LogP contribution in [-0.2, 0) is 15.1 Å². The molecule has 0 aliphatic rings. The smallest absolute Gasteiger partial charge is 0.330 e. The number of carbonyl (C=O) groups is 1. The van der Waals surface area contributed by atoms with E-state index >= 15 is 0 Å². The van der Waals surface area contributed by atoms with Gasteiger partial charge in [-0.2, -0.15) is 0 Å². The van der Waals surface area contributed by atoms with Crippen LogP contribution >= 0.6 is 0 Å². The van der Waals surface area contributed by atoms with Crippen molar-refractivity contribution in [2.24, 2.45) is 5.73 Å². The lowest BCUT2D eigenvalue weighted by atomic mass is 9.88. The molecule has 0 amide bonds. The highest BCUT2D eigenvalue weighted by atomic mass is 16.5. The van der Waals surface area contributed by atoms with Gasteiger partial charge in [0.1, 0.15) is 11.3 Å². The molecule has 16 heavy (non-hydrogen) atoms. The Labute approximate surface area is 95.0 Å². The van der Waals surface area contributed by atoms with Crippen molar-refractivity contribution >= 4 is 5.97 Å². The fraction of sp³-hybridized carbons (Fsp3) is 0.417. The fourth-order valence-corrected chi connectivity index (χ4v) is 1.49. The number of nitrogens with two attached hydrogens (primary N) is 1. The maximum Gasteiger partial charge on any atom is 0.330 e. The minimum absolute atomic E-state index is 0.145. The summed E-state index contributed by atoms with van der Waals surface area (Å²) in [4.78, 5) is 11.8. The Hall–Kier alpha value is -1.55. The van der Waals surface area contributed by atoms with Gasteiger partial charge < -0.3 is 15.6 Å². The Balaban J connectivity index is 3.04. The second kappa shape index (κ2) is 4.99. The summed E-state index contributed by atoms with van der Waals surface area (Å²) >= 11 is 0. The maximum absolute atomic E-state index is 11.8. The molecule has 4 nitrogen and oxygen atoms in total. The molecule has 0 fully saturated rings. The van der Waals surface area contributed by atoms with Crippen LogP contribution in [0.3, 0.4) is 0 Å². The molecular weight excluding hydrogens is 206 g/mol. The van der Waals surface area contributed by atoms with Crippen molar-refractivity contribution < 1.29 is 14.6 Å². The molecule has 3 N–H and O–H groups in total. The van der Waals surface area contributed by atoms with Crippen molar-refractivity contribution in [3.05, 3.63) is 29.8 Å². The molecule has 88 valence electrons. The molecule has 0 aliphatic heterocycles. The van der Waals surface area contributed by atoms with Crippen LogP contribution < -0.4 is 5.73 Å². The van der Waals surface area contributed by atoms with Crippen LogP contribution in [0.15, 0.2) is 24.3 Å². The van der Waals surface area contributed by atoms with E-state index in [4.69, 9.17) is 10.5 Å². The Morgan fingerprint density at radius 1 is 1.38 bits per heavy atom. The predicted molar refractivity (Wildman–Crippen MR) is 60.9 cm³/mol. The fourth-order valence-electron chi connectivity index (χ4n) is 1.49. The van der Waals surface area contributed by atoms with E-state index in [9.17, 15) is 9.90 Å². The van der Waals surface area contributed by atoms with Crippen molar-refractivity contribution in [2.45, 2.75) is 25.8 Å². The summed E-state index contributed by atoms with van der Waals surface area (Å²) in [5.41, 5.74) is 5.55. The van der Waals surface area contributed by atoms with Gasteiger partial charge in [0.15, 0.2) is 0 Å². The van der Waals surface area contributed by atoms with Gasteiger partial charge in [-0.15, -0.1) is 0 Å². The molecule has 0 aromatic heterocycles. The summed E-state index contributed by atoms with van der Waals surface area (Å²) < 4.78 is 4.96. The first kappa shape index (κ1) is 12.5. The summed E-state index contributed by atoms with van der Waals surface area (Å²) in [6, 6.07) is 6.28. The molecular formula is C12H17NO3. The van der Waals surface area contributed by atoms with Crippen molar-refractivity contribution in [1.82, 2.24) is 0 Å². The predicted octanol–water partition coefficient (Wildman–Crippen LogP) is 1.52. The lowest BCUT2D eigenvalue weighted by Crippen LogP contribution is -2.45. The van der Waals surface area contributed by atoms with Crippen molar-refractivity contribution in [3.63, 3.8) is 0 Å². The van der Waals surface area contributed by atoms with Gasteiger partial charge in [-0.3, -0.25) is 0 Å². The molecule has 0 bridgehead atoms. The van der Waals surface area contributed by atoms with E-state index in [0.29, 0.717) is 18.6 Å². The average molecular weight is 223 g/mol. The molecule has 4 heteroatoms. The monoisotopic (exact) mass is 223 g/mol. The van der Waals surface area contributed by atoms with Crippen molar-refractivity contribution in [3.8, 4) is 5.75 Å². The van der Waals surface area contributed by atoms with E-state index in [1.165, 1.54) is 12.1 Å². The van der Waals surface area contributed by atoms with E-state index in [2.05, 4.69) is 0 Å². The van der Waals surface area contributed by atoms with Crippen LogP contribution in [0.2, 0.25) is 0 Å². The Kier molecular flexibility index (Phi) is 3.90. The Morgan fingerprint density at radius 3 is 2.38 bits per heavy atom. The molecule has 1 aromatic carbocycles. The second-order valence-corrected chi connectivity index (χ2v) is 3.59. The highest BCUT2D eigenvalue weighted by Gasteiger charge is 2.35. The standard InChI is InChI=1S/C12H17NO3/c1-3-12(13,11(15)16-4-2)9-5-7-10(14)8-6-9/h5-8,14H,3-4,13H2,1-2H3. The SMILES string of the molecule is CCOC(=O)C(N)(CC)c1ccc(O)cc1. The topological polar surface area (TPSA) is 72.5 Å². The lowest BCUT2D eigenvalue weighted by Gasteiger charge is -2.26. The number of rotatable bonds is 4. The zero-order valence-corrected chi connectivity index (χ0v) is 9.56. The van der Waals surface area contributed by atoms with Crippen LogP contribution in [0.25, 0.3) is 0 Å². The molecule has 0 radical (unpaired) electrons. The molecule has 0 saturated heterocycles. The summed E-state index contributed by atoms with van der Waals surface area (Å²) in [6.07, 6.45) is 0.441. The normalized spacial score (nSPS) is 14.2. The van der Waals surface area contributed by atoms with Crippen LogP contribution in [0, 0.1) is 0 Å². The first-order valence-electron chi connectivity index (χ1n) is 5.30. The van der Waals surface area contributed by atoms with E-state index in [1.54, 1.807) is 19.1 Å². The largest absolute Gasteiger partial charge is 0.508 e. The third-order valence-electron chi connectivity index (χ3n) is 2.58. The summed E-state index contributed by atoms with van der Waals surface area (Å²) in [7, 11) is 0. The molecule has 1 aromatic rings. The lowest BCUT2D eigenvalue weighted by molar-refractivity contribution is -0.150. The van der Waals surface area contributed by atoms with Crippen molar-refractivity contribution in [1.29, 1.82) is 0 Å². The van der Waals surface area contributed by atoms with Gasteiger partial charge in [-0.1, -0.05) is 19.1 Å². The number of esters is 1.